The Bertz CT molecular complexity index is 243. The molecule has 0 radical (unpaired) electrons. The first-order valence-electron chi connectivity index (χ1n) is 3.65. The summed E-state index contributed by atoms with van der Waals surface area (Å²) in [5.74, 6) is -0.848. The molecule has 0 aliphatic rings. The largest absolute Gasteiger partial charge is 0.480 e. The number of carbonyl (C=O) groups is 1. The summed E-state index contributed by atoms with van der Waals surface area (Å²) >= 11 is 0. The molecule has 0 aromatic carbocycles. The molecule has 0 aliphatic carbocycles. The van der Waals surface area contributed by atoms with Gasteiger partial charge in [-0.05, 0) is 18.7 Å². The van der Waals surface area contributed by atoms with Crippen molar-refractivity contribution in [3.8, 4) is 0 Å². The standard InChI is InChI=1S/C8H11NO3/c1-9-7(8(10)11)4-6-2-3-12-5-6/h2-3,5,7,9H,4H2,1H3,(H,10,11). The molecule has 2 N–H and O–H groups in total. The van der Waals surface area contributed by atoms with Crippen LogP contribution in [-0.2, 0) is 11.2 Å². The zero-order chi connectivity index (χ0) is 8.97. The van der Waals surface area contributed by atoms with Crippen LogP contribution in [0, 0.1) is 0 Å². The van der Waals surface area contributed by atoms with Crippen LogP contribution in [0.25, 0.3) is 0 Å². The van der Waals surface area contributed by atoms with E-state index in [1.165, 1.54) is 6.26 Å². The Balaban J connectivity index is 2.54. The number of carboxylic acid groups (broad SMARTS) is 1. The summed E-state index contributed by atoms with van der Waals surface area (Å²) in [7, 11) is 1.62. The molecule has 0 fully saturated rings. The van der Waals surface area contributed by atoms with Gasteiger partial charge in [0.15, 0.2) is 0 Å². The molecular weight excluding hydrogens is 158 g/mol. The monoisotopic (exact) mass is 169 g/mol. The first-order chi connectivity index (χ1) is 5.74. The lowest BCUT2D eigenvalue weighted by Crippen LogP contribution is -2.35. The van der Waals surface area contributed by atoms with Gasteiger partial charge in [0.2, 0.25) is 0 Å². The highest BCUT2D eigenvalue weighted by molar-refractivity contribution is 5.73. The van der Waals surface area contributed by atoms with Gasteiger partial charge in [-0.25, -0.2) is 0 Å². The van der Waals surface area contributed by atoms with E-state index >= 15 is 0 Å². The van der Waals surface area contributed by atoms with Gasteiger partial charge < -0.3 is 14.8 Å². The minimum Gasteiger partial charge on any atom is -0.480 e. The molecule has 0 aliphatic heterocycles. The molecule has 4 nitrogen and oxygen atoms in total. The zero-order valence-corrected chi connectivity index (χ0v) is 6.78. The van der Waals surface area contributed by atoms with Crippen LogP contribution in [0.3, 0.4) is 0 Å². The maximum Gasteiger partial charge on any atom is 0.321 e. The minimum atomic E-state index is -0.848. The van der Waals surface area contributed by atoms with Gasteiger partial charge in [-0.1, -0.05) is 0 Å². The lowest BCUT2D eigenvalue weighted by atomic mass is 10.1. The van der Waals surface area contributed by atoms with Crippen molar-refractivity contribution in [3.63, 3.8) is 0 Å². The van der Waals surface area contributed by atoms with E-state index in [-0.39, 0.29) is 0 Å². The van der Waals surface area contributed by atoms with Crippen LogP contribution in [-0.4, -0.2) is 24.2 Å². The predicted molar refractivity (Wildman–Crippen MR) is 42.9 cm³/mol. The Hall–Kier alpha value is -1.29. The summed E-state index contributed by atoms with van der Waals surface area (Å²) < 4.78 is 4.82. The van der Waals surface area contributed by atoms with Gasteiger partial charge in [0.05, 0.1) is 12.5 Å². The second-order valence-corrected chi connectivity index (χ2v) is 2.52. The minimum absolute atomic E-state index is 0.447. The second-order valence-electron chi connectivity index (χ2n) is 2.52. The number of likely N-dealkylation sites (N-methyl/N-ethyl adjacent to an activating group) is 1. The molecule has 0 saturated carbocycles. The first-order valence-corrected chi connectivity index (χ1v) is 3.65. The number of hydrogen-bond donors (Lipinski definition) is 2. The fraction of sp³-hybridized carbons (Fsp3) is 0.375. The van der Waals surface area contributed by atoms with Gasteiger partial charge >= 0.3 is 5.97 Å². The number of furan rings is 1. The Morgan fingerprint density at radius 1 is 1.83 bits per heavy atom. The molecule has 1 heterocycles. The van der Waals surface area contributed by atoms with E-state index in [2.05, 4.69) is 5.32 Å². The predicted octanol–water partition coefficient (Wildman–Crippen LogP) is 0.495. The average molecular weight is 169 g/mol. The average Bonchev–Trinajstić information content (AvgIpc) is 2.51. The molecular formula is C8H11NO3. The van der Waals surface area contributed by atoms with Crippen molar-refractivity contribution in [3.05, 3.63) is 24.2 Å². The fourth-order valence-electron chi connectivity index (χ4n) is 0.957. The molecule has 1 aromatic rings. The van der Waals surface area contributed by atoms with Gasteiger partial charge in [-0.2, -0.15) is 0 Å². The van der Waals surface area contributed by atoms with Gasteiger partial charge in [0, 0.05) is 6.42 Å². The van der Waals surface area contributed by atoms with Crippen molar-refractivity contribution < 1.29 is 14.3 Å². The smallest absolute Gasteiger partial charge is 0.321 e. The summed E-state index contributed by atoms with van der Waals surface area (Å²) in [6.45, 7) is 0. The molecule has 0 amide bonds. The lowest BCUT2D eigenvalue weighted by Gasteiger charge is -2.08. The topological polar surface area (TPSA) is 62.5 Å². The quantitative estimate of drug-likeness (QED) is 0.688. The SMILES string of the molecule is CNC(Cc1ccoc1)C(=O)O. The highest BCUT2D eigenvalue weighted by Gasteiger charge is 2.15. The normalized spacial score (nSPS) is 12.8. The maximum atomic E-state index is 10.6. The molecule has 1 unspecified atom stereocenters. The Kier molecular flexibility index (Phi) is 2.88. The third-order valence-corrected chi connectivity index (χ3v) is 1.67. The summed E-state index contributed by atoms with van der Waals surface area (Å²) in [5.41, 5.74) is 0.886. The van der Waals surface area contributed by atoms with Gasteiger partial charge in [-0.3, -0.25) is 4.79 Å². The van der Waals surface area contributed by atoms with Crippen LogP contribution in [0.5, 0.6) is 0 Å². The van der Waals surface area contributed by atoms with E-state index < -0.39 is 12.0 Å². The molecule has 66 valence electrons. The van der Waals surface area contributed by atoms with Gasteiger partial charge in [0.25, 0.3) is 0 Å². The van der Waals surface area contributed by atoms with Crippen molar-refractivity contribution in [2.24, 2.45) is 0 Å². The van der Waals surface area contributed by atoms with Crippen LogP contribution in [0.15, 0.2) is 23.0 Å². The van der Waals surface area contributed by atoms with Crippen molar-refractivity contribution in [2.45, 2.75) is 12.5 Å². The number of aliphatic carboxylic acids is 1. The van der Waals surface area contributed by atoms with Gasteiger partial charge in [0.1, 0.15) is 6.04 Å². The summed E-state index contributed by atoms with van der Waals surface area (Å²) in [4.78, 5) is 10.6. The van der Waals surface area contributed by atoms with E-state index in [0.717, 1.165) is 5.56 Å². The highest BCUT2D eigenvalue weighted by atomic mass is 16.4. The fourth-order valence-corrected chi connectivity index (χ4v) is 0.957. The van der Waals surface area contributed by atoms with E-state index in [1.807, 2.05) is 0 Å². The van der Waals surface area contributed by atoms with E-state index in [1.54, 1.807) is 19.4 Å². The van der Waals surface area contributed by atoms with E-state index in [9.17, 15) is 4.79 Å². The second kappa shape index (κ2) is 3.92. The lowest BCUT2D eigenvalue weighted by molar-refractivity contribution is -0.139. The van der Waals surface area contributed by atoms with Crippen LogP contribution in [0.1, 0.15) is 5.56 Å². The molecule has 1 atom stereocenters. The number of nitrogens with one attached hydrogen (secondary N) is 1. The molecule has 12 heavy (non-hydrogen) atoms. The van der Waals surface area contributed by atoms with E-state index in [4.69, 9.17) is 9.52 Å². The van der Waals surface area contributed by atoms with Crippen LogP contribution in [0.2, 0.25) is 0 Å². The maximum absolute atomic E-state index is 10.6. The number of carboxylic acids is 1. The number of hydrogen-bond acceptors (Lipinski definition) is 3. The third-order valence-electron chi connectivity index (χ3n) is 1.67. The van der Waals surface area contributed by atoms with Crippen molar-refractivity contribution in [1.29, 1.82) is 0 Å². The molecule has 0 saturated heterocycles. The molecule has 0 spiro atoms. The Morgan fingerprint density at radius 3 is 3.00 bits per heavy atom. The number of rotatable bonds is 4. The highest BCUT2D eigenvalue weighted by Crippen LogP contribution is 2.03. The molecule has 4 heteroatoms. The van der Waals surface area contributed by atoms with E-state index in [0.29, 0.717) is 6.42 Å². The molecule has 0 bridgehead atoms. The molecule has 1 rings (SSSR count). The van der Waals surface area contributed by atoms with Crippen molar-refractivity contribution in [1.82, 2.24) is 5.32 Å². The van der Waals surface area contributed by atoms with Crippen LogP contribution < -0.4 is 5.32 Å². The summed E-state index contributed by atoms with van der Waals surface area (Å²) in [6, 6.07) is 1.22. The van der Waals surface area contributed by atoms with Crippen LogP contribution >= 0.6 is 0 Å². The Morgan fingerprint density at radius 2 is 2.58 bits per heavy atom. The first kappa shape index (κ1) is 8.80. The Labute approximate surface area is 70.2 Å². The van der Waals surface area contributed by atoms with Crippen molar-refractivity contribution in [2.75, 3.05) is 7.05 Å². The van der Waals surface area contributed by atoms with Gasteiger partial charge in [-0.15, -0.1) is 0 Å². The summed E-state index contributed by atoms with van der Waals surface area (Å²) in [6.07, 6.45) is 3.53. The summed E-state index contributed by atoms with van der Waals surface area (Å²) in [5, 5.41) is 11.4. The zero-order valence-electron chi connectivity index (χ0n) is 6.78. The van der Waals surface area contributed by atoms with Crippen molar-refractivity contribution >= 4 is 5.97 Å². The molecule has 1 aromatic heterocycles. The third kappa shape index (κ3) is 2.10. The van der Waals surface area contributed by atoms with Crippen LogP contribution in [0.4, 0.5) is 0 Å².